The molecule has 80 valence electrons. The third kappa shape index (κ3) is 2.52. The van der Waals surface area contributed by atoms with Crippen molar-refractivity contribution >= 4 is 17.8 Å². The molecule has 0 atom stereocenters. The molecule has 0 radical (unpaired) electrons. The van der Waals surface area contributed by atoms with E-state index >= 15 is 0 Å². The highest BCUT2D eigenvalue weighted by molar-refractivity contribution is 6.12. The van der Waals surface area contributed by atoms with Crippen LogP contribution in [-0.2, 0) is 19.1 Å². The number of carbonyl (C=O) groups excluding carboxylic acids is 3. The summed E-state index contributed by atoms with van der Waals surface area (Å²) in [6.45, 7) is 6.72. The minimum Gasteiger partial charge on any atom is -0.461 e. The molecule has 0 bridgehead atoms. The van der Waals surface area contributed by atoms with Crippen LogP contribution in [0, 0.1) is 0 Å². The molecule has 1 saturated heterocycles. The number of esters is 1. The first-order chi connectivity index (χ1) is 7.06. The molecule has 0 aromatic heterocycles. The Morgan fingerprint density at radius 2 is 2.20 bits per heavy atom. The van der Waals surface area contributed by atoms with Gasteiger partial charge in [0.25, 0.3) is 5.91 Å². The Morgan fingerprint density at radius 1 is 1.53 bits per heavy atom. The lowest BCUT2D eigenvalue weighted by Crippen LogP contribution is -2.33. The number of likely N-dealkylation sites (tertiary alicyclic amines) is 1. The monoisotopic (exact) mass is 209 g/mol. The third-order valence-corrected chi connectivity index (χ3v) is 1.94. The van der Waals surface area contributed by atoms with E-state index in [1.165, 1.54) is 0 Å². The molecule has 1 rings (SSSR count). The summed E-state index contributed by atoms with van der Waals surface area (Å²) in [5.74, 6) is -1.28. The number of hydrogen-bond acceptors (Lipinski definition) is 4. The van der Waals surface area contributed by atoms with Crippen LogP contribution in [0.1, 0.15) is 6.42 Å². The summed E-state index contributed by atoms with van der Waals surface area (Å²) >= 11 is 0. The highest BCUT2D eigenvalue weighted by Crippen LogP contribution is 2.15. The van der Waals surface area contributed by atoms with Crippen LogP contribution >= 0.6 is 0 Å². The second kappa shape index (κ2) is 4.54. The van der Waals surface area contributed by atoms with E-state index in [1.807, 2.05) is 0 Å². The van der Waals surface area contributed by atoms with Crippen LogP contribution in [0.15, 0.2) is 24.8 Å². The Balaban J connectivity index is 2.42. The van der Waals surface area contributed by atoms with E-state index in [0.717, 1.165) is 11.0 Å². The minimum absolute atomic E-state index is 0.0182. The van der Waals surface area contributed by atoms with Gasteiger partial charge in [-0.25, -0.2) is 4.79 Å². The van der Waals surface area contributed by atoms with E-state index in [9.17, 15) is 14.4 Å². The first kappa shape index (κ1) is 11.2. The zero-order valence-corrected chi connectivity index (χ0v) is 8.19. The van der Waals surface area contributed by atoms with Gasteiger partial charge in [-0.15, -0.1) is 0 Å². The van der Waals surface area contributed by atoms with E-state index in [4.69, 9.17) is 0 Å². The molecular formula is C10H11NO4. The quantitative estimate of drug-likeness (QED) is 0.372. The number of hydrogen-bond donors (Lipinski definition) is 0. The van der Waals surface area contributed by atoms with Crippen molar-refractivity contribution in [2.24, 2.45) is 0 Å². The zero-order valence-electron chi connectivity index (χ0n) is 8.19. The van der Waals surface area contributed by atoms with Crippen molar-refractivity contribution in [3.8, 4) is 0 Å². The summed E-state index contributed by atoms with van der Waals surface area (Å²) in [7, 11) is 0. The first-order valence-electron chi connectivity index (χ1n) is 4.38. The largest absolute Gasteiger partial charge is 0.461 e. The fourth-order valence-corrected chi connectivity index (χ4v) is 1.18. The summed E-state index contributed by atoms with van der Waals surface area (Å²) in [6.07, 6.45) is 1.07. The molecule has 0 unspecified atom stereocenters. The van der Waals surface area contributed by atoms with Gasteiger partial charge in [0.15, 0.2) is 0 Å². The molecule has 0 aromatic rings. The van der Waals surface area contributed by atoms with Crippen LogP contribution in [-0.4, -0.2) is 35.8 Å². The predicted molar refractivity (Wildman–Crippen MR) is 51.6 cm³/mol. The Labute approximate surface area is 87.0 Å². The van der Waals surface area contributed by atoms with Crippen molar-refractivity contribution in [2.45, 2.75) is 6.42 Å². The number of amides is 2. The molecular weight excluding hydrogens is 198 g/mol. The molecule has 0 saturated carbocycles. The first-order valence-corrected chi connectivity index (χ1v) is 4.38. The van der Waals surface area contributed by atoms with Crippen LogP contribution < -0.4 is 0 Å². The van der Waals surface area contributed by atoms with E-state index in [-0.39, 0.29) is 31.1 Å². The smallest absolute Gasteiger partial charge is 0.330 e. The third-order valence-electron chi connectivity index (χ3n) is 1.94. The topological polar surface area (TPSA) is 63.7 Å². The lowest BCUT2D eigenvalue weighted by molar-refractivity contribution is -0.144. The average Bonchev–Trinajstić information content (AvgIpc) is 2.44. The second-order valence-corrected chi connectivity index (χ2v) is 3.00. The number of carbonyl (C=O) groups is 3. The van der Waals surface area contributed by atoms with Crippen LogP contribution in [0.2, 0.25) is 0 Å². The molecule has 1 fully saturated rings. The summed E-state index contributed by atoms with van der Waals surface area (Å²) in [6, 6.07) is 0. The van der Waals surface area contributed by atoms with E-state index in [2.05, 4.69) is 17.9 Å². The molecule has 0 aromatic carbocycles. The lowest BCUT2D eigenvalue weighted by Gasteiger charge is -2.12. The average molecular weight is 209 g/mol. The minimum atomic E-state index is -0.576. The molecule has 1 aliphatic rings. The normalized spacial score (nSPS) is 15.7. The van der Waals surface area contributed by atoms with Crippen LogP contribution in [0.4, 0.5) is 0 Å². The number of imide groups is 1. The Morgan fingerprint density at radius 3 is 2.67 bits per heavy atom. The van der Waals surface area contributed by atoms with Gasteiger partial charge in [0.05, 0.1) is 13.0 Å². The van der Waals surface area contributed by atoms with Gasteiger partial charge in [0.2, 0.25) is 5.91 Å². The van der Waals surface area contributed by atoms with Crippen molar-refractivity contribution < 1.29 is 19.1 Å². The molecule has 0 spiro atoms. The summed E-state index contributed by atoms with van der Waals surface area (Å²) in [5, 5.41) is 0. The maximum absolute atomic E-state index is 11.3. The number of ether oxygens (including phenoxy) is 1. The summed E-state index contributed by atoms with van der Waals surface area (Å²) in [5.41, 5.74) is 0.273. The molecule has 15 heavy (non-hydrogen) atoms. The molecule has 1 aliphatic heterocycles. The van der Waals surface area contributed by atoms with Crippen LogP contribution in [0.5, 0.6) is 0 Å². The second-order valence-electron chi connectivity index (χ2n) is 3.00. The van der Waals surface area contributed by atoms with Gasteiger partial charge in [-0.05, 0) is 0 Å². The van der Waals surface area contributed by atoms with E-state index in [1.54, 1.807) is 0 Å². The van der Waals surface area contributed by atoms with Gasteiger partial charge < -0.3 is 4.74 Å². The van der Waals surface area contributed by atoms with Crippen LogP contribution in [0.25, 0.3) is 0 Å². The standard InChI is InChI=1S/C10H11NO4/c1-3-9(13)15-5-4-11-8(12)6-7(2)10(11)14/h3H,1-2,4-6H2. The Kier molecular flexibility index (Phi) is 3.38. The van der Waals surface area contributed by atoms with Gasteiger partial charge in [-0.3, -0.25) is 14.5 Å². The molecule has 1 heterocycles. The molecule has 0 aliphatic carbocycles. The molecule has 5 nitrogen and oxygen atoms in total. The summed E-state index contributed by atoms with van der Waals surface area (Å²) in [4.78, 5) is 34.2. The van der Waals surface area contributed by atoms with Gasteiger partial charge in [0, 0.05) is 11.6 Å². The SMILES string of the molecule is C=CC(=O)OCCN1C(=O)CC(=C)C1=O. The van der Waals surface area contributed by atoms with E-state index < -0.39 is 11.9 Å². The fraction of sp³-hybridized carbons (Fsp3) is 0.300. The van der Waals surface area contributed by atoms with Gasteiger partial charge in [0.1, 0.15) is 6.61 Å². The van der Waals surface area contributed by atoms with Gasteiger partial charge >= 0.3 is 5.97 Å². The maximum atomic E-state index is 11.3. The highest BCUT2D eigenvalue weighted by atomic mass is 16.5. The van der Waals surface area contributed by atoms with Crippen molar-refractivity contribution in [1.82, 2.24) is 4.90 Å². The van der Waals surface area contributed by atoms with Crippen molar-refractivity contribution in [2.75, 3.05) is 13.2 Å². The Bertz CT molecular complexity index is 345. The van der Waals surface area contributed by atoms with Crippen molar-refractivity contribution in [1.29, 1.82) is 0 Å². The van der Waals surface area contributed by atoms with Crippen LogP contribution in [0.3, 0.4) is 0 Å². The maximum Gasteiger partial charge on any atom is 0.330 e. The number of nitrogens with zero attached hydrogens (tertiary/aromatic N) is 1. The van der Waals surface area contributed by atoms with Crippen molar-refractivity contribution in [3.63, 3.8) is 0 Å². The van der Waals surface area contributed by atoms with E-state index in [0.29, 0.717) is 0 Å². The van der Waals surface area contributed by atoms with Gasteiger partial charge in [-0.1, -0.05) is 13.2 Å². The zero-order chi connectivity index (χ0) is 11.4. The lowest BCUT2D eigenvalue weighted by atomic mass is 10.3. The summed E-state index contributed by atoms with van der Waals surface area (Å²) < 4.78 is 4.65. The van der Waals surface area contributed by atoms with Crippen molar-refractivity contribution in [3.05, 3.63) is 24.8 Å². The molecule has 2 amide bonds. The molecule has 0 N–H and O–H groups in total. The predicted octanol–water partition coefficient (Wildman–Crippen LogP) is 0.0307. The molecule has 5 heteroatoms. The van der Waals surface area contributed by atoms with Gasteiger partial charge in [-0.2, -0.15) is 0 Å². The number of rotatable bonds is 4. The Hall–Kier alpha value is -1.91. The fourth-order valence-electron chi connectivity index (χ4n) is 1.18. The highest BCUT2D eigenvalue weighted by Gasteiger charge is 2.31.